The molecule has 0 saturated carbocycles. The molecule has 1 amide bonds. The minimum Gasteiger partial charge on any atom is -0.399 e. The highest BCUT2D eigenvalue weighted by atomic mass is 79.9. The van der Waals surface area contributed by atoms with Crippen LogP contribution in [-0.4, -0.2) is 10.9 Å². The summed E-state index contributed by atoms with van der Waals surface area (Å²) >= 11 is 3.34. The van der Waals surface area contributed by atoms with Gasteiger partial charge in [0.05, 0.1) is 4.47 Å². The van der Waals surface area contributed by atoms with E-state index in [1.165, 1.54) is 0 Å². The van der Waals surface area contributed by atoms with Gasteiger partial charge in [-0.25, -0.2) is 4.98 Å². The Morgan fingerprint density at radius 3 is 2.68 bits per heavy atom. The van der Waals surface area contributed by atoms with E-state index in [9.17, 15) is 4.79 Å². The molecule has 3 N–H and O–H groups in total. The lowest BCUT2D eigenvalue weighted by Gasteiger charge is -2.06. The van der Waals surface area contributed by atoms with Gasteiger partial charge in [-0.15, -0.1) is 0 Å². The van der Waals surface area contributed by atoms with Crippen molar-refractivity contribution in [1.29, 1.82) is 0 Å². The van der Waals surface area contributed by atoms with E-state index in [1.54, 1.807) is 12.3 Å². The lowest BCUT2D eigenvalue weighted by atomic mass is 10.1. The van der Waals surface area contributed by atoms with E-state index in [4.69, 9.17) is 5.73 Å². The molecule has 2 rings (SSSR count). The summed E-state index contributed by atoms with van der Waals surface area (Å²) in [7, 11) is 0. The van der Waals surface area contributed by atoms with Gasteiger partial charge in [0.2, 0.25) is 5.91 Å². The third kappa shape index (κ3) is 4.06. The second-order valence-corrected chi connectivity index (χ2v) is 4.98. The molecule has 0 bridgehead atoms. The number of carbonyl (C=O) groups excluding carboxylic acids is 1. The molecule has 5 heteroatoms. The number of halogens is 1. The molecule has 0 fully saturated rings. The summed E-state index contributed by atoms with van der Waals surface area (Å²) in [4.78, 5) is 15.9. The van der Waals surface area contributed by atoms with Gasteiger partial charge in [0.1, 0.15) is 5.82 Å². The highest BCUT2D eigenvalue weighted by Crippen LogP contribution is 2.18. The average molecular weight is 320 g/mol. The number of nitrogen functional groups attached to an aromatic ring is 1. The predicted octanol–water partition coefficient (Wildman–Crippen LogP) is 3.00. The van der Waals surface area contributed by atoms with Gasteiger partial charge in [-0.3, -0.25) is 4.79 Å². The quantitative estimate of drug-likeness (QED) is 0.851. The van der Waals surface area contributed by atoms with E-state index in [-0.39, 0.29) is 5.91 Å². The first-order valence-electron chi connectivity index (χ1n) is 5.90. The number of carbonyl (C=O) groups is 1. The first-order valence-corrected chi connectivity index (χ1v) is 6.69. The molecule has 0 unspecified atom stereocenters. The van der Waals surface area contributed by atoms with Crippen molar-refractivity contribution in [2.75, 3.05) is 11.1 Å². The molecule has 0 saturated heterocycles. The Labute approximate surface area is 120 Å². The van der Waals surface area contributed by atoms with Gasteiger partial charge in [0, 0.05) is 18.3 Å². The summed E-state index contributed by atoms with van der Waals surface area (Å²) in [5.41, 5.74) is 7.42. The third-order valence-electron chi connectivity index (χ3n) is 2.64. The highest BCUT2D eigenvalue weighted by molar-refractivity contribution is 9.10. The van der Waals surface area contributed by atoms with Crippen molar-refractivity contribution in [3.63, 3.8) is 0 Å². The molecule has 1 aromatic heterocycles. The Hall–Kier alpha value is -1.88. The van der Waals surface area contributed by atoms with Crippen LogP contribution in [0.2, 0.25) is 0 Å². The molecule has 0 radical (unpaired) electrons. The Kier molecular flexibility index (Phi) is 4.52. The van der Waals surface area contributed by atoms with Gasteiger partial charge in [-0.1, -0.05) is 12.1 Å². The van der Waals surface area contributed by atoms with E-state index < -0.39 is 0 Å². The van der Waals surface area contributed by atoms with E-state index in [0.29, 0.717) is 18.7 Å². The van der Waals surface area contributed by atoms with Gasteiger partial charge >= 0.3 is 0 Å². The number of pyridine rings is 1. The van der Waals surface area contributed by atoms with Crippen LogP contribution < -0.4 is 11.1 Å². The van der Waals surface area contributed by atoms with Gasteiger partial charge in [0.25, 0.3) is 0 Å². The number of anilines is 2. The van der Waals surface area contributed by atoms with Crippen molar-refractivity contribution in [3.05, 3.63) is 52.6 Å². The maximum absolute atomic E-state index is 11.8. The van der Waals surface area contributed by atoms with Crippen molar-refractivity contribution in [3.8, 4) is 0 Å². The molecule has 0 aliphatic heterocycles. The summed E-state index contributed by atoms with van der Waals surface area (Å²) in [5.74, 6) is 0.487. The summed E-state index contributed by atoms with van der Waals surface area (Å²) in [6.07, 6.45) is 2.73. The fourth-order valence-corrected chi connectivity index (χ4v) is 1.97. The average Bonchev–Trinajstić information content (AvgIpc) is 2.41. The standard InChI is InChI=1S/C14H14BrN3O/c15-12-2-1-9-17-14(12)18-13(19)8-5-10-3-6-11(16)7-4-10/h1-4,6-7,9H,5,8,16H2,(H,17,18,19). The van der Waals surface area contributed by atoms with E-state index in [2.05, 4.69) is 26.2 Å². The Morgan fingerprint density at radius 1 is 1.26 bits per heavy atom. The summed E-state index contributed by atoms with van der Waals surface area (Å²) in [5, 5.41) is 2.77. The smallest absolute Gasteiger partial charge is 0.225 e. The molecule has 0 aliphatic rings. The number of aromatic nitrogens is 1. The normalized spacial score (nSPS) is 10.2. The second-order valence-electron chi connectivity index (χ2n) is 4.12. The van der Waals surface area contributed by atoms with Gasteiger partial charge in [-0.2, -0.15) is 0 Å². The van der Waals surface area contributed by atoms with Crippen molar-refractivity contribution in [1.82, 2.24) is 4.98 Å². The van der Waals surface area contributed by atoms with Crippen molar-refractivity contribution < 1.29 is 4.79 Å². The highest BCUT2D eigenvalue weighted by Gasteiger charge is 2.06. The zero-order valence-corrected chi connectivity index (χ0v) is 11.9. The van der Waals surface area contributed by atoms with Crippen molar-refractivity contribution >= 4 is 33.3 Å². The molecule has 0 atom stereocenters. The first kappa shape index (κ1) is 13.5. The minimum absolute atomic E-state index is 0.0591. The number of nitrogens with one attached hydrogen (secondary N) is 1. The monoisotopic (exact) mass is 319 g/mol. The van der Waals surface area contributed by atoms with Crippen molar-refractivity contribution in [2.24, 2.45) is 0 Å². The fraction of sp³-hybridized carbons (Fsp3) is 0.143. The number of hydrogen-bond donors (Lipinski definition) is 2. The number of nitrogens with zero attached hydrogens (tertiary/aromatic N) is 1. The molecule has 4 nitrogen and oxygen atoms in total. The van der Waals surface area contributed by atoms with Crippen LogP contribution in [0.5, 0.6) is 0 Å². The SMILES string of the molecule is Nc1ccc(CCC(=O)Nc2ncccc2Br)cc1. The summed E-state index contributed by atoms with van der Waals surface area (Å²) in [6, 6.07) is 11.2. The Balaban J connectivity index is 1.88. The number of rotatable bonds is 4. The molecule has 1 aromatic carbocycles. The molecule has 0 spiro atoms. The van der Waals surface area contributed by atoms with Gasteiger partial charge in [0.15, 0.2) is 0 Å². The number of nitrogens with two attached hydrogens (primary N) is 1. The first-order chi connectivity index (χ1) is 9.15. The predicted molar refractivity (Wildman–Crippen MR) is 79.7 cm³/mol. The zero-order chi connectivity index (χ0) is 13.7. The van der Waals surface area contributed by atoms with Crippen LogP contribution in [0.4, 0.5) is 11.5 Å². The van der Waals surface area contributed by atoms with E-state index in [1.807, 2.05) is 30.3 Å². The number of amides is 1. The lowest BCUT2D eigenvalue weighted by molar-refractivity contribution is -0.116. The van der Waals surface area contributed by atoms with Crippen molar-refractivity contribution in [2.45, 2.75) is 12.8 Å². The molecule has 0 aliphatic carbocycles. The fourth-order valence-electron chi connectivity index (χ4n) is 1.61. The topological polar surface area (TPSA) is 68.0 Å². The number of hydrogen-bond acceptors (Lipinski definition) is 3. The maximum atomic E-state index is 11.8. The van der Waals surface area contributed by atoms with Crippen LogP contribution in [-0.2, 0) is 11.2 Å². The van der Waals surface area contributed by atoms with Crippen LogP contribution in [0, 0.1) is 0 Å². The zero-order valence-electron chi connectivity index (χ0n) is 10.3. The summed E-state index contributed by atoms with van der Waals surface area (Å²) < 4.78 is 0.774. The third-order valence-corrected chi connectivity index (χ3v) is 3.28. The maximum Gasteiger partial charge on any atom is 0.225 e. The molecule has 1 heterocycles. The molecule has 19 heavy (non-hydrogen) atoms. The van der Waals surface area contributed by atoms with E-state index >= 15 is 0 Å². The Morgan fingerprint density at radius 2 is 2.00 bits per heavy atom. The van der Waals surface area contributed by atoms with Crippen LogP contribution in [0.3, 0.4) is 0 Å². The molecule has 98 valence electrons. The molecular formula is C14H14BrN3O. The number of aryl methyl sites for hydroxylation is 1. The number of benzene rings is 1. The molecular weight excluding hydrogens is 306 g/mol. The minimum atomic E-state index is -0.0591. The second kappa shape index (κ2) is 6.33. The van der Waals surface area contributed by atoms with Crippen LogP contribution in [0.25, 0.3) is 0 Å². The lowest BCUT2D eigenvalue weighted by Crippen LogP contribution is -2.13. The summed E-state index contributed by atoms with van der Waals surface area (Å²) in [6.45, 7) is 0. The molecule has 2 aromatic rings. The van der Waals surface area contributed by atoms with Crippen LogP contribution in [0.15, 0.2) is 47.1 Å². The van der Waals surface area contributed by atoms with Crippen LogP contribution in [0.1, 0.15) is 12.0 Å². The Bertz CT molecular complexity index is 569. The van der Waals surface area contributed by atoms with Gasteiger partial charge < -0.3 is 11.1 Å². The largest absolute Gasteiger partial charge is 0.399 e. The van der Waals surface area contributed by atoms with E-state index in [0.717, 1.165) is 15.7 Å². The van der Waals surface area contributed by atoms with Gasteiger partial charge in [-0.05, 0) is 52.2 Å². The van der Waals surface area contributed by atoms with Crippen LogP contribution >= 0.6 is 15.9 Å².